The molecule has 1 saturated heterocycles. The fraction of sp³-hybridized carbons (Fsp3) is 0.719. The van der Waals surface area contributed by atoms with Gasteiger partial charge in [-0.15, -0.1) is 0 Å². The molecule has 2 aliphatic rings. The summed E-state index contributed by atoms with van der Waals surface area (Å²) in [5, 5.41) is 13.9. The van der Waals surface area contributed by atoms with Crippen LogP contribution in [0.5, 0.6) is 0 Å². The van der Waals surface area contributed by atoms with Crippen LogP contribution in [0.4, 0.5) is 5.69 Å². The Morgan fingerprint density at radius 1 is 0.767 bits per heavy atom. The number of likely N-dealkylation sites (tertiary alicyclic amines) is 1. The molecule has 0 unspecified atom stereocenters. The Balaban J connectivity index is 1.68. The van der Waals surface area contributed by atoms with Gasteiger partial charge in [-0.05, 0) is 86.6 Å². The molecule has 0 spiro atoms. The van der Waals surface area contributed by atoms with Crippen LogP contribution in [0.15, 0.2) is 36.4 Å². The van der Waals surface area contributed by atoms with Crippen molar-refractivity contribution in [2.75, 3.05) is 73.5 Å². The van der Waals surface area contributed by atoms with Crippen LogP contribution in [0.1, 0.15) is 141 Å². The van der Waals surface area contributed by atoms with E-state index in [0.29, 0.717) is 38.6 Å². The molecule has 1 aromatic carbocycles. The standard InChI is InChI=1S/C64H106N10O15S/c1-19-42(8)56(72(16)62(84)54(40(4)5)69-61(83)55(41(6)7)71(14)15)48(87-17)32-52(79)73-31-21-23-47(73)57(88-18)43(9)58(80)70-90(85,86)34-44-24-26-45(27-25-44)66-59(81)46(22-20-30-65-38-75)67-60(82)53(39(2)3)68-49(76)33-63(10,11)36-89-37-64(12,13)35-74-50(77)28-29-51(74)78/h24-29,38-43,46-48,53-57H,19-23,30-37H2,1-18H3,(H,65,75)(H,66,81)(H,67,82)(H,68,76)(H,69,83)(H,70,80)/t42-,43+,46-,47-,48+,53-,54-,55-,56-,57+/m0/s1. The van der Waals surface area contributed by atoms with Crippen molar-refractivity contribution >= 4 is 75.3 Å². The van der Waals surface area contributed by atoms with Crippen LogP contribution in [-0.4, -0.2) is 204 Å². The topological polar surface area (TPSA) is 318 Å². The van der Waals surface area contributed by atoms with E-state index >= 15 is 0 Å². The molecule has 2 heterocycles. The summed E-state index contributed by atoms with van der Waals surface area (Å²) in [6, 6.07) is 1.19. The predicted octanol–water partition coefficient (Wildman–Crippen LogP) is 3.75. The Bertz CT molecular complexity index is 2730. The molecule has 6 N–H and O–H groups in total. The van der Waals surface area contributed by atoms with Gasteiger partial charge < -0.3 is 50.6 Å². The molecule has 0 aromatic heterocycles. The Morgan fingerprint density at radius 3 is 1.90 bits per heavy atom. The lowest BCUT2D eigenvalue weighted by molar-refractivity contribution is -0.148. The maximum absolute atomic E-state index is 14.4. The van der Waals surface area contributed by atoms with E-state index in [0.717, 1.165) is 4.90 Å². The van der Waals surface area contributed by atoms with Crippen LogP contribution in [0.3, 0.4) is 0 Å². The number of carbonyl (C=O) groups is 10. The Labute approximate surface area is 534 Å². The molecule has 0 aliphatic carbocycles. The van der Waals surface area contributed by atoms with Crippen molar-refractivity contribution in [1.29, 1.82) is 0 Å². The maximum Gasteiger partial charge on any atom is 0.253 e. The number of carbonyl (C=O) groups excluding carboxylic acids is 10. The van der Waals surface area contributed by atoms with Crippen molar-refractivity contribution in [2.24, 2.45) is 40.4 Å². The highest BCUT2D eigenvalue weighted by molar-refractivity contribution is 7.89. The number of hydrogen-bond donors (Lipinski definition) is 6. The van der Waals surface area contributed by atoms with E-state index < -0.39 is 111 Å². The summed E-state index contributed by atoms with van der Waals surface area (Å²) in [7, 11) is 3.88. The zero-order valence-corrected chi connectivity index (χ0v) is 57.4. The first kappa shape index (κ1) is 77.9. The van der Waals surface area contributed by atoms with Gasteiger partial charge in [0.25, 0.3) is 11.8 Å². The molecular weight excluding hydrogens is 1180 g/mol. The van der Waals surface area contributed by atoms with Gasteiger partial charge in [-0.1, -0.05) is 109 Å². The second-order valence-electron chi connectivity index (χ2n) is 27.0. The highest BCUT2D eigenvalue weighted by Gasteiger charge is 2.44. The molecule has 0 bridgehead atoms. The fourth-order valence-electron chi connectivity index (χ4n) is 11.7. The summed E-state index contributed by atoms with van der Waals surface area (Å²) < 4.78 is 47.3. The summed E-state index contributed by atoms with van der Waals surface area (Å²) in [6.07, 6.45) is 3.25. The predicted molar refractivity (Wildman–Crippen MR) is 342 cm³/mol. The van der Waals surface area contributed by atoms with Gasteiger partial charge in [0.15, 0.2) is 0 Å². The van der Waals surface area contributed by atoms with Crippen LogP contribution >= 0.6 is 0 Å². The number of rotatable bonds is 39. The Morgan fingerprint density at radius 2 is 1.37 bits per heavy atom. The van der Waals surface area contributed by atoms with Gasteiger partial charge in [0.2, 0.25) is 57.8 Å². The number of likely N-dealkylation sites (N-methyl/N-ethyl adjacent to an activating group) is 2. The molecule has 1 aromatic rings. The number of amides is 10. The van der Waals surface area contributed by atoms with Crippen molar-refractivity contribution < 1.29 is 70.6 Å². The fourth-order valence-corrected chi connectivity index (χ4v) is 12.9. The minimum atomic E-state index is -4.32. The molecule has 508 valence electrons. The van der Waals surface area contributed by atoms with E-state index in [4.69, 9.17) is 14.2 Å². The zero-order valence-electron chi connectivity index (χ0n) is 56.6. The first-order valence-corrected chi connectivity index (χ1v) is 33.0. The molecule has 0 saturated carbocycles. The molecule has 10 atom stereocenters. The summed E-state index contributed by atoms with van der Waals surface area (Å²) in [5.74, 6) is -6.64. The van der Waals surface area contributed by atoms with Crippen molar-refractivity contribution in [2.45, 2.75) is 189 Å². The number of nitrogens with zero attached hydrogens (tertiary/aromatic N) is 4. The van der Waals surface area contributed by atoms with Gasteiger partial charge >= 0.3 is 0 Å². The molecule has 3 rings (SSSR count). The van der Waals surface area contributed by atoms with Gasteiger partial charge in [-0.25, -0.2) is 8.42 Å². The normalized spacial score (nSPS) is 17.7. The van der Waals surface area contributed by atoms with Crippen molar-refractivity contribution in [3.05, 3.63) is 42.0 Å². The third-order valence-electron chi connectivity index (χ3n) is 16.7. The van der Waals surface area contributed by atoms with E-state index in [1.807, 2.05) is 88.2 Å². The lowest BCUT2D eigenvalue weighted by atomic mass is 9.89. The molecule has 90 heavy (non-hydrogen) atoms. The molecule has 1 fully saturated rings. The summed E-state index contributed by atoms with van der Waals surface area (Å²) in [6.45, 7) is 25.0. The van der Waals surface area contributed by atoms with E-state index in [2.05, 4.69) is 31.3 Å². The summed E-state index contributed by atoms with van der Waals surface area (Å²) in [5.41, 5.74) is -0.742. The lowest BCUT2D eigenvalue weighted by Gasteiger charge is -2.41. The summed E-state index contributed by atoms with van der Waals surface area (Å²) >= 11 is 0. The second-order valence-corrected chi connectivity index (χ2v) is 28.8. The molecule has 10 amide bonds. The van der Waals surface area contributed by atoms with E-state index in [1.165, 1.54) is 57.6 Å². The smallest absolute Gasteiger partial charge is 0.253 e. The maximum atomic E-state index is 14.4. The van der Waals surface area contributed by atoms with Gasteiger partial charge in [-0.3, -0.25) is 62.5 Å². The summed E-state index contributed by atoms with van der Waals surface area (Å²) in [4.78, 5) is 139. The van der Waals surface area contributed by atoms with Crippen molar-refractivity contribution in [3.63, 3.8) is 0 Å². The average molecular weight is 1290 g/mol. The number of anilines is 1. The van der Waals surface area contributed by atoms with E-state index in [1.54, 1.807) is 30.7 Å². The van der Waals surface area contributed by atoms with E-state index in [-0.39, 0.29) is 104 Å². The minimum Gasteiger partial charge on any atom is -0.380 e. The highest BCUT2D eigenvalue weighted by Crippen LogP contribution is 2.31. The number of nitrogens with one attached hydrogen (secondary N) is 6. The quantitative estimate of drug-likeness (QED) is 0.0311. The van der Waals surface area contributed by atoms with Crippen LogP contribution in [0.25, 0.3) is 0 Å². The van der Waals surface area contributed by atoms with Crippen molar-refractivity contribution in [3.8, 4) is 0 Å². The Kier molecular flexibility index (Phi) is 30.7. The number of sulfonamides is 1. The van der Waals surface area contributed by atoms with Crippen LogP contribution in [-0.2, 0) is 77.9 Å². The largest absolute Gasteiger partial charge is 0.380 e. The van der Waals surface area contributed by atoms with Crippen LogP contribution in [0, 0.1) is 40.4 Å². The van der Waals surface area contributed by atoms with Crippen LogP contribution < -0.4 is 31.3 Å². The molecule has 2 aliphatic heterocycles. The molecule has 26 heteroatoms. The number of benzene rings is 1. The van der Waals surface area contributed by atoms with Gasteiger partial charge in [0, 0.05) is 70.6 Å². The van der Waals surface area contributed by atoms with Crippen molar-refractivity contribution in [1.82, 2.24) is 45.6 Å². The highest BCUT2D eigenvalue weighted by atomic mass is 32.2. The Hall–Kier alpha value is -6.35. The molecular formula is C64H106N10O15S. The third kappa shape index (κ3) is 23.4. The zero-order chi connectivity index (χ0) is 68.2. The average Bonchev–Trinajstić information content (AvgIpc) is 1.42. The van der Waals surface area contributed by atoms with Gasteiger partial charge in [-0.2, -0.15) is 0 Å². The van der Waals surface area contributed by atoms with E-state index in [9.17, 15) is 56.4 Å². The first-order chi connectivity index (χ1) is 41.9. The SMILES string of the molecule is CC[C@H](C)[C@@H]([C@@H](CC(=O)N1CCC[C@H]1[C@H](OC)[C@@H](C)C(=O)NS(=O)(=O)Cc1ccc(NC(=O)[C@H](CCCNC=O)NC(=O)[C@@H](NC(=O)CC(C)(C)COCC(C)(C)CN2C(=O)C=CC2=O)C(C)C)cc1)OC)N(C)C(=O)[C@@H](NC(=O)[C@H](C(C)C)N(C)C)C(C)C. The third-order valence-corrected chi connectivity index (χ3v) is 17.9. The number of imide groups is 1. The van der Waals surface area contributed by atoms with Crippen LogP contribution in [0.2, 0.25) is 0 Å². The first-order valence-electron chi connectivity index (χ1n) is 31.4. The second kappa shape index (κ2) is 35.5. The number of ether oxygens (including phenoxy) is 3. The van der Waals surface area contributed by atoms with Gasteiger partial charge in [0.05, 0.1) is 61.6 Å². The lowest BCUT2D eigenvalue weighted by Crippen LogP contribution is -2.59. The number of methoxy groups -OCH3 is 2. The number of hydrogen-bond acceptors (Lipinski definition) is 16. The minimum absolute atomic E-state index is 0.0165. The molecule has 0 radical (unpaired) electrons. The van der Waals surface area contributed by atoms with Gasteiger partial charge in [0.1, 0.15) is 18.1 Å². The molecule has 25 nitrogen and oxygen atoms in total. The monoisotopic (exact) mass is 1290 g/mol.